The molecule has 0 saturated carbocycles. The number of ether oxygens (including phenoxy) is 1. The summed E-state index contributed by atoms with van der Waals surface area (Å²) in [5, 5.41) is 0. The van der Waals surface area contributed by atoms with Crippen LogP contribution >= 0.6 is 0 Å². The topological polar surface area (TPSA) is 39.2 Å². The van der Waals surface area contributed by atoms with Gasteiger partial charge in [-0.2, -0.15) is 0 Å². The maximum atomic E-state index is 11.8. The lowest BCUT2D eigenvalue weighted by molar-refractivity contribution is -0.151. The molecule has 3 heteroatoms. The van der Waals surface area contributed by atoms with E-state index in [1.54, 1.807) is 19.2 Å². The predicted octanol–water partition coefficient (Wildman–Crippen LogP) is 2.38. The quantitative estimate of drug-likeness (QED) is 0.564. The van der Waals surface area contributed by atoms with E-state index in [0.717, 1.165) is 5.69 Å². The summed E-state index contributed by atoms with van der Waals surface area (Å²) < 4.78 is 5.03. The molecule has 1 atom stereocenters. The fourth-order valence-electron chi connectivity index (χ4n) is 1.40. The van der Waals surface area contributed by atoms with Gasteiger partial charge in [0.05, 0.1) is 12.0 Å². The van der Waals surface area contributed by atoms with E-state index in [-0.39, 0.29) is 5.97 Å². The molecule has 0 aliphatic carbocycles. The second-order valence-electron chi connectivity index (χ2n) is 3.84. The zero-order valence-corrected chi connectivity index (χ0v) is 9.77. The molecule has 1 heterocycles. The molecule has 3 nitrogen and oxygen atoms in total. The lowest BCUT2D eigenvalue weighted by Gasteiger charge is -2.22. The van der Waals surface area contributed by atoms with Crippen LogP contribution in [0.5, 0.6) is 0 Å². The van der Waals surface area contributed by atoms with E-state index in [9.17, 15) is 4.79 Å². The van der Waals surface area contributed by atoms with Gasteiger partial charge in [-0.25, -0.2) is 0 Å². The molecule has 0 aliphatic rings. The molecule has 0 spiro atoms. The largest absolute Gasteiger partial charge is 0.465 e. The van der Waals surface area contributed by atoms with Gasteiger partial charge in [0, 0.05) is 18.3 Å². The van der Waals surface area contributed by atoms with Crippen LogP contribution < -0.4 is 0 Å². The second kappa shape index (κ2) is 5.45. The number of aromatic nitrogens is 1. The highest BCUT2D eigenvalue weighted by molar-refractivity contribution is 5.78. The Kier molecular flexibility index (Phi) is 4.23. The number of hydrogen-bond donors (Lipinski definition) is 0. The van der Waals surface area contributed by atoms with E-state index in [1.807, 2.05) is 25.1 Å². The SMILES string of the molecule is C=CC(C)(Cc1ccccn1)C(=O)OCC. The summed E-state index contributed by atoms with van der Waals surface area (Å²) in [4.78, 5) is 16.0. The Hall–Kier alpha value is -1.64. The first kappa shape index (κ1) is 12.4. The fourth-order valence-corrected chi connectivity index (χ4v) is 1.40. The van der Waals surface area contributed by atoms with Crippen molar-refractivity contribution in [1.29, 1.82) is 0 Å². The molecular weight excluding hydrogens is 202 g/mol. The third kappa shape index (κ3) is 2.92. The number of esters is 1. The van der Waals surface area contributed by atoms with Crippen molar-refractivity contribution in [1.82, 2.24) is 4.98 Å². The van der Waals surface area contributed by atoms with Crippen LogP contribution in [-0.4, -0.2) is 17.6 Å². The van der Waals surface area contributed by atoms with Crippen LogP contribution in [0, 0.1) is 5.41 Å². The minimum absolute atomic E-state index is 0.254. The van der Waals surface area contributed by atoms with E-state index < -0.39 is 5.41 Å². The molecule has 1 aromatic rings. The molecule has 0 N–H and O–H groups in total. The van der Waals surface area contributed by atoms with Crippen molar-refractivity contribution in [3.8, 4) is 0 Å². The molecular formula is C13H17NO2. The van der Waals surface area contributed by atoms with E-state index in [0.29, 0.717) is 13.0 Å². The fraction of sp³-hybridized carbons (Fsp3) is 0.385. The number of carbonyl (C=O) groups is 1. The summed E-state index contributed by atoms with van der Waals surface area (Å²) >= 11 is 0. The zero-order chi connectivity index (χ0) is 12.0. The molecule has 1 unspecified atom stereocenters. The van der Waals surface area contributed by atoms with Crippen molar-refractivity contribution in [2.24, 2.45) is 5.41 Å². The molecule has 0 saturated heterocycles. The first-order chi connectivity index (χ1) is 7.62. The lowest BCUT2D eigenvalue weighted by Crippen LogP contribution is -2.30. The van der Waals surface area contributed by atoms with E-state index in [1.165, 1.54) is 0 Å². The van der Waals surface area contributed by atoms with Crippen LogP contribution in [0.2, 0.25) is 0 Å². The van der Waals surface area contributed by atoms with Crippen LogP contribution in [-0.2, 0) is 16.0 Å². The normalized spacial score (nSPS) is 13.9. The Bertz CT molecular complexity index is 361. The van der Waals surface area contributed by atoms with Gasteiger partial charge in [0.1, 0.15) is 0 Å². The van der Waals surface area contributed by atoms with Gasteiger partial charge < -0.3 is 4.74 Å². The van der Waals surface area contributed by atoms with Crippen LogP contribution in [0.25, 0.3) is 0 Å². The Morgan fingerprint density at radius 2 is 2.38 bits per heavy atom. The molecule has 0 aromatic carbocycles. The van der Waals surface area contributed by atoms with Crippen molar-refractivity contribution >= 4 is 5.97 Å². The van der Waals surface area contributed by atoms with Gasteiger partial charge in [0.15, 0.2) is 0 Å². The monoisotopic (exact) mass is 219 g/mol. The average Bonchev–Trinajstić information content (AvgIpc) is 2.30. The summed E-state index contributed by atoms with van der Waals surface area (Å²) in [6.07, 6.45) is 3.85. The molecule has 16 heavy (non-hydrogen) atoms. The van der Waals surface area contributed by atoms with Crippen LogP contribution in [0.4, 0.5) is 0 Å². The van der Waals surface area contributed by atoms with Crippen LogP contribution in [0.1, 0.15) is 19.5 Å². The first-order valence-electron chi connectivity index (χ1n) is 5.33. The average molecular weight is 219 g/mol. The summed E-state index contributed by atoms with van der Waals surface area (Å²) in [5.41, 5.74) is 0.155. The highest BCUT2D eigenvalue weighted by Crippen LogP contribution is 2.24. The summed E-state index contributed by atoms with van der Waals surface area (Å²) in [7, 11) is 0. The molecule has 1 aromatic heterocycles. The molecule has 1 rings (SSSR count). The molecule has 0 bridgehead atoms. The molecule has 0 aliphatic heterocycles. The number of pyridine rings is 1. The van der Waals surface area contributed by atoms with E-state index in [4.69, 9.17) is 4.74 Å². The van der Waals surface area contributed by atoms with Gasteiger partial charge >= 0.3 is 5.97 Å². The Morgan fingerprint density at radius 1 is 1.62 bits per heavy atom. The van der Waals surface area contributed by atoms with Gasteiger partial charge in [0.25, 0.3) is 0 Å². The summed E-state index contributed by atoms with van der Waals surface area (Å²) in [6, 6.07) is 5.64. The van der Waals surface area contributed by atoms with Gasteiger partial charge in [-0.05, 0) is 26.0 Å². The van der Waals surface area contributed by atoms with Gasteiger partial charge in [0.2, 0.25) is 0 Å². The number of hydrogen-bond acceptors (Lipinski definition) is 3. The minimum Gasteiger partial charge on any atom is -0.465 e. The number of rotatable bonds is 5. The van der Waals surface area contributed by atoms with Gasteiger partial charge in [-0.3, -0.25) is 9.78 Å². The second-order valence-corrected chi connectivity index (χ2v) is 3.84. The smallest absolute Gasteiger partial charge is 0.316 e. The number of nitrogens with zero attached hydrogens (tertiary/aromatic N) is 1. The van der Waals surface area contributed by atoms with Crippen molar-refractivity contribution in [2.45, 2.75) is 20.3 Å². The Balaban J connectivity index is 2.82. The third-order valence-corrected chi connectivity index (χ3v) is 2.47. The van der Waals surface area contributed by atoms with E-state index in [2.05, 4.69) is 11.6 Å². The molecule has 0 amide bonds. The van der Waals surface area contributed by atoms with Gasteiger partial charge in [-0.15, -0.1) is 6.58 Å². The highest BCUT2D eigenvalue weighted by atomic mass is 16.5. The summed E-state index contributed by atoms with van der Waals surface area (Å²) in [6.45, 7) is 7.69. The maximum Gasteiger partial charge on any atom is 0.316 e. The van der Waals surface area contributed by atoms with Crippen LogP contribution in [0.3, 0.4) is 0 Å². The van der Waals surface area contributed by atoms with E-state index >= 15 is 0 Å². The Labute approximate surface area is 96.2 Å². The minimum atomic E-state index is -0.704. The summed E-state index contributed by atoms with van der Waals surface area (Å²) in [5.74, 6) is -0.254. The van der Waals surface area contributed by atoms with Gasteiger partial charge in [-0.1, -0.05) is 12.1 Å². The van der Waals surface area contributed by atoms with Crippen molar-refractivity contribution in [3.05, 3.63) is 42.7 Å². The predicted molar refractivity (Wildman–Crippen MR) is 62.9 cm³/mol. The van der Waals surface area contributed by atoms with Crippen LogP contribution in [0.15, 0.2) is 37.1 Å². The molecule has 0 fully saturated rings. The standard InChI is InChI=1S/C13H17NO2/c1-4-13(3,12(15)16-5-2)10-11-8-6-7-9-14-11/h4,6-9H,1,5,10H2,2-3H3. The maximum absolute atomic E-state index is 11.8. The van der Waals surface area contributed by atoms with Crippen molar-refractivity contribution in [2.75, 3.05) is 6.61 Å². The lowest BCUT2D eigenvalue weighted by atomic mass is 9.85. The zero-order valence-electron chi connectivity index (χ0n) is 9.77. The number of carbonyl (C=O) groups excluding carboxylic acids is 1. The Morgan fingerprint density at radius 3 is 2.88 bits per heavy atom. The van der Waals surface area contributed by atoms with Crippen molar-refractivity contribution in [3.63, 3.8) is 0 Å². The highest BCUT2D eigenvalue weighted by Gasteiger charge is 2.31. The van der Waals surface area contributed by atoms with Crippen molar-refractivity contribution < 1.29 is 9.53 Å². The third-order valence-electron chi connectivity index (χ3n) is 2.47. The first-order valence-corrected chi connectivity index (χ1v) is 5.33. The molecule has 0 radical (unpaired) electrons. The molecule has 86 valence electrons.